The molecule has 0 fully saturated rings. The molecule has 0 spiro atoms. The van der Waals surface area contributed by atoms with Crippen molar-refractivity contribution in [2.45, 2.75) is 32.1 Å². The zero-order valence-electron chi connectivity index (χ0n) is 9.79. The van der Waals surface area contributed by atoms with Gasteiger partial charge in [0.1, 0.15) is 0 Å². The highest BCUT2D eigenvalue weighted by molar-refractivity contribution is 6.20. The molecule has 1 N–H and O–H groups in total. The number of amides is 1. The SMILES string of the molecule is CCC(Cl)CCNC(=O)c1cccc(C)c1. The van der Waals surface area contributed by atoms with Crippen LogP contribution in [-0.2, 0) is 0 Å². The summed E-state index contributed by atoms with van der Waals surface area (Å²) in [5.41, 5.74) is 1.80. The first-order chi connectivity index (χ1) is 7.63. The Morgan fingerprint density at radius 2 is 2.25 bits per heavy atom. The van der Waals surface area contributed by atoms with Gasteiger partial charge in [0.05, 0.1) is 0 Å². The maximum absolute atomic E-state index is 11.7. The van der Waals surface area contributed by atoms with Gasteiger partial charge in [-0.2, -0.15) is 0 Å². The monoisotopic (exact) mass is 239 g/mol. The number of nitrogens with one attached hydrogen (secondary N) is 1. The molecule has 0 aliphatic rings. The summed E-state index contributed by atoms with van der Waals surface area (Å²) < 4.78 is 0. The molecule has 16 heavy (non-hydrogen) atoms. The van der Waals surface area contributed by atoms with Crippen molar-refractivity contribution in [2.24, 2.45) is 0 Å². The van der Waals surface area contributed by atoms with Gasteiger partial charge in [-0.3, -0.25) is 4.79 Å². The zero-order valence-corrected chi connectivity index (χ0v) is 10.6. The van der Waals surface area contributed by atoms with Crippen LogP contribution < -0.4 is 5.32 Å². The second-order valence-corrected chi connectivity index (χ2v) is 4.54. The first-order valence-electron chi connectivity index (χ1n) is 5.62. The molecule has 1 aromatic rings. The number of aryl methyl sites for hydroxylation is 1. The summed E-state index contributed by atoms with van der Waals surface area (Å²) >= 11 is 5.97. The number of halogens is 1. The molecule has 0 bridgehead atoms. The fraction of sp³-hybridized carbons (Fsp3) is 0.462. The summed E-state index contributed by atoms with van der Waals surface area (Å²) in [6, 6.07) is 7.57. The third kappa shape index (κ3) is 4.23. The van der Waals surface area contributed by atoms with Gasteiger partial charge in [0, 0.05) is 17.5 Å². The molecule has 0 radical (unpaired) electrons. The Bertz CT molecular complexity index is 352. The van der Waals surface area contributed by atoms with Gasteiger partial charge in [0.2, 0.25) is 0 Å². The van der Waals surface area contributed by atoms with E-state index in [-0.39, 0.29) is 11.3 Å². The fourth-order valence-corrected chi connectivity index (χ4v) is 1.54. The van der Waals surface area contributed by atoms with Crippen LogP contribution in [0.2, 0.25) is 0 Å². The van der Waals surface area contributed by atoms with E-state index in [1.54, 1.807) is 0 Å². The van der Waals surface area contributed by atoms with E-state index in [2.05, 4.69) is 5.32 Å². The Labute approximate surface area is 102 Å². The molecule has 1 atom stereocenters. The minimum absolute atomic E-state index is 0.0244. The Kier molecular flexibility index (Phi) is 5.33. The number of alkyl halides is 1. The van der Waals surface area contributed by atoms with E-state index in [4.69, 9.17) is 11.6 Å². The molecule has 1 aromatic carbocycles. The van der Waals surface area contributed by atoms with Crippen LogP contribution in [0.15, 0.2) is 24.3 Å². The number of benzene rings is 1. The first-order valence-corrected chi connectivity index (χ1v) is 6.06. The van der Waals surface area contributed by atoms with Crippen molar-refractivity contribution in [1.82, 2.24) is 5.32 Å². The standard InChI is InChI=1S/C13H18ClNO/c1-3-12(14)7-8-15-13(16)11-6-4-5-10(2)9-11/h4-6,9,12H,3,7-8H2,1-2H3,(H,15,16). The highest BCUT2D eigenvalue weighted by atomic mass is 35.5. The maximum Gasteiger partial charge on any atom is 0.251 e. The summed E-state index contributed by atoms with van der Waals surface area (Å²) in [5.74, 6) is -0.0244. The predicted molar refractivity (Wildman–Crippen MR) is 68.1 cm³/mol. The quantitative estimate of drug-likeness (QED) is 0.786. The van der Waals surface area contributed by atoms with E-state index in [0.29, 0.717) is 12.1 Å². The molecule has 1 unspecified atom stereocenters. The van der Waals surface area contributed by atoms with Gasteiger partial charge >= 0.3 is 0 Å². The topological polar surface area (TPSA) is 29.1 Å². The van der Waals surface area contributed by atoms with Crippen molar-refractivity contribution < 1.29 is 4.79 Å². The highest BCUT2D eigenvalue weighted by Crippen LogP contribution is 2.06. The maximum atomic E-state index is 11.7. The highest BCUT2D eigenvalue weighted by Gasteiger charge is 2.06. The van der Waals surface area contributed by atoms with Gasteiger partial charge in [0.25, 0.3) is 5.91 Å². The van der Waals surface area contributed by atoms with Gasteiger partial charge in [-0.1, -0.05) is 24.6 Å². The minimum atomic E-state index is -0.0244. The van der Waals surface area contributed by atoms with Crippen molar-refractivity contribution in [3.63, 3.8) is 0 Å². The molecule has 3 heteroatoms. The normalized spacial score (nSPS) is 12.2. The molecule has 0 saturated heterocycles. The third-order valence-electron chi connectivity index (χ3n) is 2.47. The number of carbonyl (C=O) groups is 1. The van der Waals surface area contributed by atoms with Crippen LogP contribution >= 0.6 is 11.6 Å². The molecular weight excluding hydrogens is 222 g/mol. The lowest BCUT2D eigenvalue weighted by Crippen LogP contribution is -2.26. The van der Waals surface area contributed by atoms with E-state index in [0.717, 1.165) is 18.4 Å². The average Bonchev–Trinajstić information content (AvgIpc) is 2.28. The van der Waals surface area contributed by atoms with Crippen LogP contribution in [0.25, 0.3) is 0 Å². The summed E-state index contributed by atoms with van der Waals surface area (Å²) in [6.45, 7) is 4.65. The lowest BCUT2D eigenvalue weighted by molar-refractivity contribution is 0.0953. The lowest BCUT2D eigenvalue weighted by atomic mass is 10.1. The van der Waals surface area contributed by atoms with E-state index in [9.17, 15) is 4.79 Å². The average molecular weight is 240 g/mol. The van der Waals surface area contributed by atoms with Gasteiger partial charge in [0.15, 0.2) is 0 Å². The Morgan fingerprint density at radius 3 is 2.88 bits per heavy atom. The largest absolute Gasteiger partial charge is 0.352 e. The van der Waals surface area contributed by atoms with Gasteiger partial charge in [-0.05, 0) is 31.9 Å². The minimum Gasteiger partial charge on any atom is -0.352 e. The van der Waals surface area contributed by atoms with Crippen molar-refractivity contribution >= 4 is 17.5 Å². The molecule has 0 aliphatic heterocycles. The molecule has 0 saturated carbocycles. The van der Waals surface area contributed by atoms with E-state index in [1.165, 1.54) is 0 Å². The summed E-state index contributed by atoms with van der Waals surface area (Å²) in [4.78, 5) is 11.7. The Balaban J connectivity index is 2.41. The summed E-state index contributed by atoms with van der Waals surface area (Å²) in [6.07, 6.45) is 1.75. The number of rotatable bonds is 5. The first kappa shape index (κ1) is 13.0. The number of carbonyl (C=O) groups excluding carboxylic acids is 1. The van der Waals surface area contributed by atoms with Crippen LogP contribution in [0.1, 0.15) is 35.7 Å². The van der Waals surface area contributed by atoms with Crippen LogP contribution in [-0.4, -0.2) is 17.8 Å². The molecular formula is C13H18ClNO. The van der Waals surface area contributed by atoms with Crippen molar-refractivity contribution in [3.8, 4) is 0 Å². The molecule has 88 valence electrons. The van der Waals surface area contributed by atoms with Gasteiger partial charge in [-0.25, -0.2) is 0 Å². The van der Waals surface area contributed by atoms with Crippen LogP contribution in [0.4, 0.5) is 0 Å². The van der Waals surface area contributed by atoms with Gasteiger partial charge in [-0.15, -0.1) is 11.6 Å². The van der Waals surface area contributed by atoms with Gasteiger partial charge < -0.3 is 5.32 Å². The second-order valence-electron chi connectivity index (χ2n) is 3.92. The van der Waals surface area contributed by atoms with Crippen molar-refractivity contribution in [1.29, 1.82) is 0 Å². The second kappa shape index (κ2) is 6.54. The molecule has 2 nitrogen and oxygen atoms in total. The van der Waals surface area contributed by atoms with Crippen LogP contribution in [0, 0.1) is 6.92 Å². The zero-order chi connectivity index (χ0) is 12.0. The number of hydrogen-bond donors (Lipinski definition) is 1. The van der Waals surface area contributed by atoms with Crippen LogP contribution in [0.5, 0.6) is 0 Å². The fourth-order valence-electron chi connectivity index (χ4n) is 1.43. The smallest absolute Gasteiger partial charge is 0.251 e. The lowest BCUT2D eigenvalue weighted by Gasteiger charge is -2.08. The molecule has 0 aromatic heterocycles. The molecule has 1 amide bonds. The third-order valence-corrected chi connectivity index (χ3v) is 2.99. The van der Waals surface area contributed by atoms with E-state index >= 15 is 0 Å². The predicted octanol–water partition coefficient (Wildman–Crippen LogP) is 3.13. The van der Waals surface area contributed by atoms with Crippen LogP contribution in [0.3, 0.4) is 0 Å². The Hall–Kier alpha value is -1.02. The summed E-state index contributed by atoms with van der Waals surface area (Å²) in [7, 11) is 0. The van der Waals surface area contributed by atoms with E-state index < -0.39 is 0 Å². The van der Waals surface area contributed by atoms with Crippen molar-refractivity contribution in [2.75, 3.05) is 6.54 Å². The summed E-state index contributed by atoms with van der Waals surface area (Å²) in [5, 5.41) is 3.02. The molecule has 0 aliphatic carbocycles. The Morgan fingerprint density at radius 1 is 1.50 bits per heavy atom. The molecule has 1 rings (SSSR count). The molecule has 0 heterocycles. The number of hydrogen-bond acceptors (Lipinski definition) is 1. The van der Waals surface area contributed by atoms with E-state index in [1.807, 2.05) is 38.1 Å². The van der Waals surface area contributed by atoms with Crippen molar-refractivity contribution in [3.05, 3.63) is 35.4 Å².